The molecule has 0 fully saturated rings. The minimum atomic E-state index is -3.60. The van der Waals surface area contributed by atoms with Gasteiger partial charge in [-0.25, -0.2) is 12.8 Å². The number of hydrogen-bond acceptors (Lipinski definition) is 6. The zero-order valence-corrected chi connectivity index (χ0v) is 17.5. The first-order valence-electron chi connectivity index (χ1n) is 9.24. The summed E-state index contributed by atoms with van der Waals surface area (Å²) in [5.41, 5.74) is 0.695. The lowest BCUT2D eigenvalue weighted by molar-refractivity contribution is 0.102. The Morgan fingerprint density at radius 2 is 1.80 bits per heavy atom. The normalized spacial score (nSPS) is 11.6. The minimum Gasteiger partial charge on any atom is -0.322 e. The Kier molecular flexibility index (Phi) is 6.22. The molecule has 11 heteroatoms. The van der Waals surface area contributed by atoms with E-state index in [2.05, 4.69) is 20.8 Å². The molecular weight excluding hydrogens is 411 g/mol. The standard InChI is InChI=1S/C19H21FN6O3S/c1-4-25(5-2)30(28,29)16-9-6-14(7-10-16)19(27)21-15-8-11-17(20)18(12-15)26-13(3)22-23-24-26/h6-12H,4-5H2,1-3H3,(H,21,27). The summed E-state index contributed by atoms with van der Waals surface area (Å²) in [4.78, 5) is 12.7. The number of sulfonamides is 1. The number of carbonyl (C=O) groups is 1. The van der Waals surface area contributed by atoms with Gasteiger partial charge >= 0.3 is 0 Å². The van der Waals surface area contributed by atoms with Crippen molar-refractivity contribution >= 4 is 21.6 Å². The van der Waals surface area contributed by atoms with Gasteiger partial charge in [0.05, 0.1) is 4.90 Å². The molecule has 0 spiro atoms. The monoisotopic (exact) mass is 432 g/mol. The third-order valence-corrected chi connectivity index (χ3v) is 6.58. The van der Waals surface area contributed by atoms with Gasteiger partial charge in [-0.1, -0.05) is 13.8 Å². The fraction of sp³-hybridized carbons (Fsp3) is 0.263. The number of amides is 1. The number of rotatable bonds is 7. The number of aromatic nitrogens is 4. The van der Waals surface area contributed by atoms with Crippen molar-refractivity contribution in [2.45, 2.75) is 25.7 Å². The van der Waals surface area contributed by atoms with Crippen molar-refractivity contribution < 1.29 is 17.6 Å². The summed E-state index contributed by atoms with van der Waals surface area (Å²) in [6.07, 6.45) is 0. The number of hydrogen-bond donors (Lipinski definition) is 1. The third kappa shape index (κ3) is 4.21. The van der Waals surface area contributed by atoms with Crippen LogP contribution in [-0.2, 0) is 10.0 Å². The van der Waals surface area contributed by atoms with Crippen LogP contribution >= 0.6 is 0 Å². The van der Waals surface area contributed by atoms with Gasteiger partial charge in [0.25, 0.3) is 5.91 Å². The van der Waals surface area contributed by atoms with Crippen LogP contribution in [-0.4, -0.2) is 51.9 Å². The Morgan fingerprint density at radius 1 is 1.13 bits per heavy atom. The molecule has 0 atom stereocenters. The van der Waals surface area contributed by atoms with E-state index in [1.54, 1.807) is 20.8 Å². The summed E-state index contributed by atoms with van der Waals surface area (Å²) in [6, 6.07) is 9.67. The van der Waals surface area contributed by atoms with Gasteiger partial charge in [0.15, 0.2) is 5.82 Å². The zero-order chi connectivity index (χ0) is 21.9. The topological polar surface area (TPSA) is 110 Å². The summed E-state index contributed by atoms with van der Waals surface area (Å²) in [5.74, 6) is -0.621. The molecule has 30 heavy (non-hydrogen) atoms. The van der Waals surface area contributed by atoms with Crippen molar-refractivity contribution in [1.82, 2.24) is 24.5 Å². The average Bonchev–Trinajstić information content (AvgIpc) is 3.16. The molecule has 0 unspecified atom stereocenters. The van der Waals surface area contributed by atoms with E-state index >= 15 is 0 Å². The van der Waals surface area contributed by atoms with E-state index in [9.17, 15) is 17.6 Å². The van der Waals surface area contributed by atoms with Crippen LogP contribution in [0.5, 0.6) is 0 Å². The Bertz CT molecular complexity index is 1160. The van der Waals surface area contributed by atoms with E-state index in [-0.39, 0.29) is 16.1 Å². The molecule has 9 nitrogen and oxygen atoms in total. The van der Waals surface area contributed by atoms with Crippen LogP contribution in [0.25, 0.3) is 5.69 Å². The molecule has 1 N–H and O–H groups in total. The van der Waals surface area contributed by atoms with E-state index in [4.69, 9.17) is 0 Å². The van der Waals surface area contributed by atoms with Crippen molar-refractivity contribution in [3.8, 4) is 5.69 Å². The van der Waals surface area contributed by atoms with Crippen LogP contribution in [0.1, 0.15) is 30.0 Å². The zero-order valence-electron chi connectivity index (χ0n) is 16.7. The highest BCUT2D eigenvalue weighted by Gasteiger charge is 2.21. The molecule has 0 saturated heterocycles. The second-order valence-electron chi connectivity index (χ2n) is 6.37. The number of nitrogens with zero attached hydrogens (tertiary/aromatic N) is 5. The summed E-state index contributed by atoms with van der Waals surface area (Å²) in [7, 11) is -3.60. The lowest BCUT2D eigenvalue weighted by Crippen LogP contribution is -2.30. The summed E-state index contributed by atoms with van der Waals surface area (Å²) in [6.45, 7) is 5.86. The second kappa shape index (κ2) is 8.67. The average molecular weight is 432 g/mol. The molecule has 0 radical (unpaired) electrons. The molecule has 158 valence electrons. The molecule has 0 bridgehead atoms. The lowest BCUT2D eigenvalue weighted by atomic mass is 10.2. The van der Waals surface area contributed by atoms with Gasteiger partial charge in [-0.15, -0.1) is 5.10 Å². The van der Waals surface area contributed by atoms with E-state index in [1.807, 2.05) is 0 Å². The maximum Gasteiger partial charge on any atom is 0.255 e. The summed E-state index contributed by atoms with van der Waals surface area (Å²) in [5, 5.41) is 13.6. The molecule has 1 heterocycles. The molecule has 2 aromatic carbocycles. The van der Waals surface area contributed by atoms with Gasteiger partial charge in [-0.05, 0) is 59.8 Å². The first-order chi connectivity index (χ1) is 14.3. The first kappa shape index (κ1) is 21.5. The quantitative estimate of drug-likeness (QED) is 0.614. The molecule has 3 rings (SSSR count). The number of nitrogens with one attached hydrogen (secondary N) is 1. The van der Waals surface area contributed by atoms with E-state index < -0.39 is 21.7 Å². The van der Waals surface area contributed by atoms with Crippen LogP contribution in [0.3, 0.4) is 0 Å². The van der Waals surface area contributed by atoms with Crippen molar-refractivity contribution in [3.05, 3.63) is 59.7 Å². The molecular formula is C19H21FN6O3S. The van der Waals surface area contributed by atoms with Crippen molar-refractivity contribution in [2.24, 2.45) is 0 Å². The van der Waals surface area contributed by atoms with E-state index in [1.165, 1.54) is 51.5 Å². The minimum absolute atomic E-state index is 0.0935. The SMILES string of the molecule is CCN(CC)S(=O)(=O)c1ccc(C(=O)Nc2ccc(F)c(-n3nnnc3C)c2)cc1. The van der Waals surface area contributed by atoms with Gasteiger partial charge in [0.2, 0.25) is 10.0 Å². The number of anilines is 1. The highest BCUT2D eigenvalue weighted by molar-refractivity contribution is 7.89. The first-order valence-corrected chi connectivity index (χ1v) is 10.7. The van der Waals surface area contributed by atoms with E-state index in [0.29, 0.717) is 24.6 Å². The van der Waals surface area contributed by atoms with Crippen LogP contribution in [0, 0.1) is 12.7 Å². The molecule has 1 amide bonds. The fourth-order valence-corrected chi connectivity index (χ4v) is 4.36. The van der Waals surface area contributed by atoms with Crippen molar-refractivity contribution in [1.29, 1.82) is 0 Å². The van der Waals surface area contributed by atoms with Gasteiger partial charge < -0.3 is 5.32 Å². The summed E-state index contributed by atoms with van der Waals surface area (Å²) >= 11 is 0. The van der Waals surface area contributed by atoms with Gasteiger partial charge in [0, 0.05) is 24.3 Å². The summed E-state index contributed by atoms with van der Waals surface area (Å²) < 4.78 is 41.8. The Labute approximate surface area is 173 Å². The highest BCUT2D eigenvalue weighted by Crippen LogP contribution is 2.20. The lowest BCUT2D eigenvalue weighted by Gasteiger charge is -2.18. The Morgan fingerprint density at radius 3 is 2.37 bits per heavy atom. The Hall–Kier alpha value is -3.18. The Balaban J connectivity index is 1.81. The third-order valence-electron chi connectivity index (χ3n) is 4.52. The fourth-order valence-electron chi connectivity index (χ4n) is 2.90. The molecule has 0 aliphatic heterocycles. The number of halogens is 1. The maximum absolute atomic E-state index is 14.2. The van der Waals surface area contributed by atoms with Crippen LogP contribution in [0.15, 0.2) is 47.4 Å². The number of benzene rings is 2. The number of carbonyl (C=O) groups excluding carboxylic acids is 1. The predicted octanol–water partition coefficient (Wildman–Crippen LogP) is 2.39. The molecule has 0 saturated carbocycles. The molecule has 3 aromatic rings. The van der Waals surface area contributed by atoms with E-state index in [0.717, 1.165) is 0 Å². The smallest absolute Gasteiger partial charge is 0.255 e. The van der Waals surface area contributed by atoms with Gasteiger partial charge in [0.1, 0.15) is 11.5 Å². The van der Waals surface area contributed by atoms with Crippen LogP contribution < -0.4 is 5.32 Å². The van der Waals surface area contributed by atoms with Gasteiger partial charge in [-0.2, -0.15) is 8.99 Å². The molecule has 1 aromatic heterocycles. The number of aryl methyl sites for hydroxylation is 1. The molecule has 0 aliphatic rings. The molecule has 0 aliphatic carbocycles. The van der Waals surface area contributed by atoms with Crippen molar-refractivity contribution in [3.63, 3.8) is 0 Å². The van der Waals surface area contributed by atoms with Crippen LogP contribution in [0.4, 0.5) is 10.1 Å². The highest BCUT2D eigenvalue weighted by atomic mass is 32.2. The second-order valence-corrected chi connectivity index (χ2v) is 8.31. The maximum atomic E-state index is 14.2. The van der Waals surface area contributed by atoms with Gasteiger partial charge in [-0.3, -0.25) is 4.79 Å². The van der Waals surface area contributed by atoms with Crippen LogP contribution in [0.2, 0.25) is 0 Å². The predicted molar refractivity (Wildman–Crippen MR) is 108 cm³/mol. The largest absolute Gasteiger partial charge is 0.322 e. The van der Waals surface area contributed by atoms with Crippen molar-refractivity contribution in [2.75, 3.05) is 18.4 Å². The number of tetrazole rings is 1.